The third kappa shape index (κ3) is 2.49. The second kappa shape index (κ2) is 4.94. The van der Waals surface area contributed by atoms with Gasteiger partial charge >= 0.3 is 0 Å². The first-order chi connectivity index (χ1) is 7.31. The Morgan fingerprint density at radius 1 is 1.33 bits per heavy atom. The molecule has 2 aliphatic heterocycles. The minimum atomic E-state index is 0.204. The number of nitrogens with zero attached hydrogens (tertiary/aromatic N) is 1. The van der Waals surface area contributed by atoms with Crippen LogP contribution in [0.3, 0.4) is 0 Å². The molecule has 2 N–H and O–H groups in total. The van der Waals surface area contributed by atoms with Gasteiger partial charge in [-0.1, -0.05) is 0 Å². The topological polar surface area (TPSA) is 55.6 Å². The molecule has 4 nitrogen and oxygen atoms in total. The first-order valence-electron chi connectivity index (χ1n) is 5.88. The lowest BCUT2D eigenvalue weighted by Crippen LogP contribution is -2.37. The lowest BCUT2D eigenvalue weighted by atomic mass is 9.99. The van der Waals surface area contributed by atoms with E-state index in [2.05, 4.69) is 0 Å². The number of amides is 1. The summed E-state index contributed by atoms with van der Waals surface area (Å²) >= 11 is 0. The monoisotopic (exact) mass is 212 g/mol. The van der Waals surface area contributed by atoms with Crippen LogP contribution in [0.4, 0.5) is 0 Å². The average Bonchev–Trinajstić information content (AvgIpc) is 2.78. The summed E-state index contributed by atoms with van der Waals surface area (Å²) in [5.74, 6) is 1.05. The standard InChI is InChI=1S/C11H20N2O2/c12-7-9-1-4-13(8-9)11(14)10-2-5-15-6-3-10/h9-10H,1-8,12H2. The fourth-order valence-corrected chi connectivity index (χ4v) is 2.43. The zero-order chi connectivity index (χ0) is 10.7. The molecule has 1 unspecified atom stereocenters. The average molecular weight is 212 g/mol. The van der Waals surface area contributed by atoms with Crippen LogP contribution in [0.2, 0.25) is 0 Å². The van der Waals surface area contributed by atoms with Crippen LogP contribution in [-0.2, 0) is 9.53 Å². The number of rotatable bonds is 2. The Morgan fingerprint density at radius 2 is 2.07 bits per heavy atom. The Kier molecular flexibility index (Phi) is 3.59. The smallest absolute Gasteiger partial charge is 0.225 e. The van der Waals surface area contributed by atoms with Crippen LogP contribution in [-0.4, -0.2) is 43.7 Å². The van der Waals surface area contributed by atoms with Crippen molar-refractivity contribution in [2.45, 2.75) is 19.3 Å². The number of hydrogen-bond donors (Lipinski definition) is 1. The summed E-state index contributed by atoms with van der Waals surface area (Å²) < 4.78 is 5.26. The van der Waals surface area contributed by atoms with E-state index in [1.54, 1.807) is 0 Å². The molecule has 0 spiro atoms. The highest BCUT2D eigenvalue weighted by atomic mass is 16.5. The minimum Gasteiger partial charge on any atom is -0.381 e. The van der Waals surface area contributed by atoms with Crippen LogP contribution in [0.25, 0.3) is 0 Å². The number of nitrogens with two attached hydrogens (primary N) is 1. The second-order valence-corrected chi connectivity index (χ2v) is 4.56. The van der Waals surface area contributed by atoms with E-state index in [0.717, 1.165) is 45.6 Å². The molecule has 4 heteroatoms. The molecular weight excluding hydrogens is 192 g/mol. The maximum absolute atomic E-state index is 12.1. The summed E-state index contributed by atoms with van der Waals surface area (Å²) in [5, 5.41) is 0. The van der Waals surface area contributed by atoms with Crippen LogP contribution >= 0.6 is 0 Å². The number of carbonyl (C=O) groups excluding carboxylic acids is 1. The molecule has 15 heavy (non-hydrogen) atoms. The molecule has 0 aromatic rings. The van der Waals surface area contributed by atoms with Gasteiger partial charge in [0.25, 0.3) is 0 Å². The van der Waals surface area contributed by atoms with Gasteiger partial charge in [0.05, 0.1) is 0 Å². The predicted octanol–water partition coefficient (Wildman–Crippen LogP) is 0.220. The fourth-order valence-electron chi connectivity index (χ4n) is 2.43. The Labute approximate surface area is 90.8 Å². The van der Waals surface area contributed by atoms with E-state index < -0.39 is 0 Å². The van der Waals surface area contributed by atoms with E-state index in [9.17, 15) is 4.79 Å². The molecule has 0 aromatic heterocycles. The first-order valence-corrected chi connectivity index (χ1v) is 5.88. The largest absolute Gasteiger partial charge is 0.381 e. The van der Waals surface area contributed by atoms with Crippen molar-refractivity contribution in [1.82, 2.24) is 4.90 Å². The van der Waals surface area contributed by atoms with Crippen molar-refractivity contribution in [3.05, 3.63) is 0 Å². The number of carbonyl (C=O) groups is 1. The van der Waals surface area contributed by atoms with Crippen LogP contribution in [0.15, 0.2) is 0 Å². The van der Waals surface area contributed by atoms with Crippen molar-refractivity contribution in [3.8, 4) is 0 Å². The summed E-state index contributed by atoms with van der Waals surface area (Å²) in [6.07, 6.45) is 2.86. The summed E-state index contributed by atoms with van der Waals surface area (Å²) in [6, 6.07) is 0. The third-order valence-corrected chi connectivity index (χ3v) is 3.50. The molecule has 86 valence electrons. The van der Waals surface area contributed by atoms with Crippen molar-refractivity contribution < 1.29 is 9.53 Å². The molecule has 0 aliphatic carbocycles. The van der Waals surface area contributed by atoms with Crippen LogP contribution in [0.1, 0.15) is 19.3 Å². The highest BCUT2D eigenvalue weighted by molar-refractivity contribution is 5.79. The maximum atomic E-state index is 12.1. The molecule has 2 rings (SSSR count). The van der Waals surface area contributed by atoms with Gasteiger partial charge in [-0.2, -0.15) is 0 Å². The summed E-state index contributed by atoms with van der Waals surface area (Å²) in [6.45, 7) is 3.96. The Balaban J connectivity index is 1.85. The van der Waals surface area contributed by atoms with Gasteiger partial charge in [0, 0.05) is 32.2 Å². The molecule has 1 amide bonds. The maximum Gasteiger partial charge on any atom is 0.225 e. The molecule has 2 saturated heterocycles. The van der Waals surface area contributed by atoms with Crippen molar-refractivity contribution in [1.29, 1.82) is 0 Å². The zero-order valence-corrected chi connectivity index (χ0v) is 9.15. The van der Waals surface area contributed by atoms with Crippen molar-refractivity contribution >= 4 is 5.91 Å². The lowest BCUT2D eigenvalue weighted by Gasteiger charge is -2.26. The SMILES string of the molecule is NCC1CCN(C(=O)C2CCOCC2)C1. The van der Waals surface area contributed by atoms with Gasteiger partial charge in [0.1, 0.15) is 0 Å². The van der Waals surface area contributed by atoms with Crippen molar-refractivity contribution in [2.24, 2.45) is 17.6 Å². The van der Waals surface area contributed by atoms with Gasteiger partial charge in [-0.15, -0.1) is 0 Å². The molecule has 1 atom stereocenters. The third-order valence-electron chi connectivity index (χ3n) is 3.50. The molecular formula is C11H20N2O2. The zero-order valence-electron chi connectivity index (χ0n) is 9.15. The summed E-state index contributed by atoms with van der Waals surface area (Å²) in [7, 11) is 0. The Morgan fingerprint density at radius 3 is 2.67 bits per heavy atom. The highest BCUT2D eigenvalue weighted by Gasteiger charge is 2.30. The van der Waals surface area contributed by atoms with E-state index in [1.807, 2.05) is 4.90 Å². The molecule has 2 fully saturated rings. The fraction of sp³-hybridized carbons (Fsp3) is 0.909. The predicted molar refractivity (Wildman–Crippen MR) is 57.3 cm³/mol. The van der Waals surface area contributed by atoms with Crippen LogP contribution in [0.5, 0.6) is 0 Å². The quantitative estimate of drug-likeness (QED) is 0.712. The molecule has 0 radical (unpaired) electrons. The van der Waals surface area contributed by atoms with Crippen molar-refractivity contribution in [3.63, 3.8) is 0 Å². The molecule has 0 aromatic carbocycles. The van der Waals surface area contributed by atoms with Gasteiger partial charge in [-0.3, -0.25) is 4.79 Å². The van der Waals surface area contributed by atoms with Crippen LogP contribution in [0, 0.1) is 11.8 Å². The highest BCUT2D eigenvalue weighted by Crippen LogP contribution is 2.22. The van der Waals surface area contributed by atoms with E-state index in [0.29, 0.717) is 18.4 Å². The van der Waals surface area contributed by atoms with Crippen LogP contribution < -0.4 is 5.73 Å². The van der Waals surface area contributed by atoms with E-state index >= 15 is 0 Å². The normalized spacial score (nSPS) is 28.3. The van der Waals surface area contributed by atoms with E-state index in [4.69, 9.17) is 10.5 Å². The van der Waals surface area contributed by atoms with Gasteiger partial charge in [-0.25, -0.2) is 0 Å². The molecule has 0 bridgehead atoms. The Bertz CT molecular complexity index is 227. The van der Waals surface area contributed by atoms with E-state index in [1.165, 1.54) is 0 Å². The van der Waals surface area contributed by atoms with Gasteiger partial charge in [0.2, 0.25) is 5.91 Å². The number of hydrogen-bond acceptors (Lipinski definition) is 3. The van der Waals surface area contributed by atoms with Gasteiger partial charge in [0.15, 0.2) is 0 Å². The number of likely N-dealkylation sites (tertiary alicyclic amines) is 1. The lowest BCUT2D eigenvalue weighted by molar-refractivity contribution is -0.137. The summed E-state index contributed by atoms with van der Waals surface area (Å²) in [5.41, 5.74) is 5.62. The molecule has 2 aliphatic rings. The number of ether oxygens (including phenoxy) is 1. The summed E-state index contributed by atoms with van der Waals surface area (Å²) in [4.78, 5) is 14.1. The van der Waals surface area contributed by atoms with E-state index in [-0.39, 0.29) is 5.92 Å². The minimum absolute atomic E-state index is 0.204. The van der Waals surface area contributed by atoms with Crippen molar-refractivity contribution in [2.75, 3.05) is 32.8 Å². The molecule has 0 saturated carbocycles. The van der Waals surface area contributed by atoms with Gasteiger partial charge in [-0.05, 0) is 31.7 Å². The Hall–Kier alpha value is -0.610. The first kappa shape index (κ1) is 10.9. The van der Waals surface area contributed by atoms with Gasteiger partial charge < -0.3 is 15.4 Å². The molecule has 2 heterocycles. The second-order valence-electron chi connectivity index (χ2n) is 4.56.